The average molecular weight is 555 g/mol. The molecule has 0 N–H and O–H groups in total. The molecule has 0 bridgehead atoms. The summed E-state index contributed by atoms with van der Waals surface area (Å²) in [6, 6.07) is 21.3. The summed E-state index contributed by atoms with van der Waals surface area (Å²) >= 11 is 0. The zero-order valence-electron chi connectivity index (χ0n) is 24.3. The lowest BCUT2D eigenvalue weighted by molar-refractivity contribution is -0.144. The van der Waals surface area contributed by atoms with Gasteiger partial charge in [0.05, 0.1) is 0 Å². The summed E-state index contributed by atoms with van der Waals surface area (Å²) in [5, 5.41) is 0. The van der Waals surface area contributed by atoms with Crippen molar-refractivity contribution in [2.24, 2.45) is 0 Å². The highest BCUT2D eigenvalue weighted by Crippen LogP contribution is 2.50. The van der Waals surface area contributed by atoms with Crippen molar-refractivity contribution in [3.63, 3.8) is 0 Å². The van der Waals surface area contributed by atoms with Crippen LogP contribution in [0.1, 0.15) is 53.6 Å². The number of aryl methyl sites for hydroxylation is 3. The number of ether oxygens (including phenoxy) is 4. The third-order valence-corrected chi connectivity index (χ3v) is 7.50. The molecule has 0 saturated heterocycles. The van der Waals surface area contributed by atoms with Crippen LogP contribution in [0.3, 0.4) is 0 Å². The zero-order chi connectivity index (χ0) is 29.6. The van der Waals surface area contributed by atoms with Gasteiger partial charge in [-0.15, -0.1) is 0 Å². The van der Waals surface area contributed by atoms with E-state index in [1.165, 1.54) is 22.3 Å². The summed E-state index contributed by atoms with van der Waals surface area (Å²) in [5.74, 6) is 0.575. The molecular formula is C35H38O6. The SMILES string of the molecule is C=CC(=O)OC(C)COc1ccc(C2(c3ccc(OCC(C)OC(=O)C=C)c(C)c3)CCc3ccccc32)cc1C. The monoisotopic (exact) mass is 554 g/mol. The van der Waals surface area contributed by atoms with E-state index in [1.54, 1.807) is 13.8 Å². The molecule has 6 nitrogen and oxygen atoms in total. The molecule has 4 rings (SSSR count). The van der Waals surface area contributed by atoms with Crippen LogP contribution in [-0.2, 0) is 30.9 Å². The van der Waals surface area contributed by atoms with Gasteiger partial charge >= 0.3 is 11.9 Å². The number of esters is 2. The first-order valence-electron chi connectivity index (χ1n) is 13.9. The van der Waals surface area contributed by atoms with Crippen molar-refractivity contribution in [2.45, 2.75) is 58.2 Å². The van der Waals surface area contributed by atoms with E-state index in [1.807, 2.05) is 26.0 Å². The Morgan fingerprint density at radius 2 is 1.29 bits per heavy atom. The lowest BCUT2D eigenvalue weighted by Gasteiger charge is -2.33. The Kier molecular flexibility index (Phi) is 9.33. The number of carbonyl (C=O) groups is 2. The fraction of sp³-hybridized carbons (Fsp3) is 0.314. The number of hydrogen-bond donors (Lipinski definition) is 0. The van der Waals surface area contributed by atoms with E-state index in [4.69, 9.17) is 18.9 Å². The highest BCUT2D eigenvalue weighted by atomic mass is 16.6. The Hall–Kier alpha value is -4.32. The molecule has 6 heteroatoms. The smallest absolute Gasteiger partial charge is 0.330 e. The van der Waals surface area contributed by atoms with Gasteiger partial charge in [-0.25, -0.2) is 9.59 Å². The van der Waals surface area contributed by atoms with Crippen molar-refractivity contribution in [1.29, 1.82) is 0 Å². The van der Waals surface area contributed by atoms with Crippen LogP contribution < -0.4 is 9.47 Å². The molecule has 0 radical (unpaired) electrons. The summed E-state index contributed by atoms with van der Waals surface area (Å²) in [5.41, 5.74) is 6.72. The first-order chi connectivity index (χ1) is 19.7. The van der Waals surface area contributed by atoms with E-state index in [9.17, 15) is 9.59 Å². The van der Waals surface area contributed by atoms with Crippen molar-refractivity contribution in [2.75, 3.05) is 13.2 Å². The quantitative estimate of drug-likeness (QED) is 0.186. The predicted molar refractivity (Wildman–Crippen MR) is 159 cm³/mol. The third kappa shape index (κ3) is 6.54. The van der Waals surface area contributed by atoms with Crippen LogP contribution in [0.5, 0.6) is 11.5 Å². The Morgan fingerprint density at radius 3 is 1.76 bits per heavy atom. The van der Waals surface area contributed by atoms with Crippen LogP contribution in [0.25, 0.3) is 0 Å². The zero-order valence-corrected chi connectivity index (χ0v) is 24.3. The molecule has 1 aliphatic carbocycles. The second-order valence-corrected chi connectivity index (χ2v) is 10.5. The molecule has 3 aromatic rings. The normalized spacial score (nSPS) is 17.1. The number of benzene rings is 3. The molecule has 0 saturated carbocycles. The maximum Gasteiger partial charge on any atom is 0.330 e. The van der Waals surface area contributed by atoms with Crippen molar-refractivity contribution in [3.05, 3.63) is 119 Å². The van der Waals surface area contributed by atoms with Gasteiger partial charge in [0, 0.05) is 17.6 Å². The number of rotatable bonds is 12. The largest absolute Gasteiger partial charge is 0.489 e. The van der Waals surface area contributed by atoms with Gasteiger partial charge in [0.15, 0.2) is 0 Å². The maximum absolute atomic E-state index is 11.5. The van der Waals surface area contributed by atoms with Gasteiger partial charge in [0.2, 0.25) is 0 Å². The van der Waals surface area contributed by atoms with Crippen LogP contribution in [0.2, 0.25) is 0 Å². The van der Waals surface area contributed by atoms with Gasteiger partial charge < -0.3 is 18.9 Å². The number of fused-ring (bicyclic) bond motifs is 1. The van der Waals surface area contributed by atoms with Crippen LogP contribution in [-0.4, -0.2) is 37.4 Å². The molecule has 1 aliphatic rings. The fourth-order valence-electron chi connectivity index (χ4n) is 5.51. The Bertz CT molecular complexity index is 1360. The van der Waals surface area contributed by atoms with Gasteiger partial charge in [0.1, 0.15) is 36.9 Å². The molecular weight excluding hydrogens is 516 g/mol. The molecule has 0 fully saturated rings. The Balaban J connectivity index is 1.63. The molecule has 2 atom stereocenters. The third-order valence-electron chi connectivity index (χ3n) is 7.50. The minimum absolute atomic E-state index is 0.250. The Morgan fingerprint density at radius 1 is 0.805 bits per heavy atom. The maximum atomic E-state index is 11.5. The van der Waals surface area contributed by atoms with Crippen LogP contribution in [0.4, 0.5) is 0 Å². The van der Waals surface area contributed by atoms with Crippen molar-refractivity contribution in [1.82, 2.24) is 0 Å². The van der Waals surface area contributed by atoms with E-state index >= 15 is 0 Å². The van der Waals surface area contributed by atoms with Crippen molar-refractivity contribution in [3.8, 4) is 11.5 Å². The molecule has 41 heavy (non-hydrogen) atoms. The number of hydrogen-bond acceptors (Lipinski definition) is 6. The van der Waals surface area contributed by atoms with Crippen LogP contribution in [0.15, 0.2) is 86.0 Å². The van der Waals surface area contributed by atoms with E-state index in [-0.39, 0.29) is 18.6 Å². The summed E-state index contributed by atoms with van der Waals surface area (Å²) in [4.78, 5) is 23.0. The first-order valence-corrected chi connectivity index (χ1v) is 13.9. The molecule has 0 aliphatic heterocycles. The van der Waals surface area contributed by atoms with E-state index < -0.39 is 24.1 Å². The minimum atomic E-state index is -0.465. The van der Waals surface area contributed by atoms with Gasteiger partial charge in [-0.3, -0.25) is 0 Å². The fourth-order valence-corrected chi connectivity index (χ4v) is 5.51. The number of carbonyl (C=O) groups excluding carboxylic acids is 2. The summed E-state index contributed by atoms with van der Waals surface area (Å²) < 4.78 is 22.5. The molecule has 2 unspecified atom stereocenters. The topological polar surface area (TPSA) is 71.1 Å². The van der Waals surface area contributed by atoms with Crippen molar-refractivity contribution < 1.29 is 28.5 Å². The standard InChI is InChI=1S/C35H38O6/c1-7-33(36)40-25(5)21-38-31-15-13-28(19-23(31)3)35(18-17-27-11-9-10-12-30(27)35)29-14-16-32(24(4)20-29)39-22-26(6)41-34(37)8-2/h7-16,19-20,25-26H,1-2,17-18,21-22H2,3-6H3. The first kappa shape index (κ1) is 29.7. The second-order valence-electron chi connectivity index (χ2n) is 10.5. The van der Waals surface area contributed by atoms with E-state index in [0.717, 1.165) is 47.6 Å². The summed E-state index contributed by atoms with van der Waals surface area (Å²) in [6.07, 6.45) is 3.42. The molecule has 3 aromatic carbocycles. The molecule has 0 amide bonds. The van der Waals surface area contributed by atoms with E-state index in [2.05, 4.69) is 61.7 Å². The second kappa shape index (κ2) is 12.9. The minimum Gasteiger partial charge on any atom is -0.489 e. The molecule has 214 valence electrons. The van der Waals surface area contributed by atoms with Crippen LogP contribution in [0, 0.1) is 13.8 Å². The summed E-state index contributed by atoms with van der Waals surface area (Å²) in [6.45, 7) is 15.0. The van der Waals surface area contributed by atoms with E-state index in [0.29, 0.717) is 0 Å². The van der Waals surface area contributed by atoms with Gasteiger partial charge in [-0.05, 0) is 86.1 Å². The average Bonchev–Trinajstić information content (AvgIpc) is 3.36. The highest BCUT2D eigenvalue weighted by Gasteiger charge is 2.42. The highest BCUT2D eigenvalue weighted by molar-refractivity contribution is 5.81. The molecule has 0 spiro atoms. The van der Waals surface area contributed by atoms with Crippen LogP contribution >= 0.6 is 0 Å². The van der Waals surface area contributed by atoms with Gasteiger partial charge in [0.25, 0.3) is 0 Å². The van der Waals surface area contributed by atoms with Gasteiger partial charge in [-0.1, -0.05) is 61.7 Å². The van der Waals surface area contributed by atoms with Crippen molar-refractivity contribution >= 4 is 11.9 Å². The predicted octanol–water partition coefficient (Wildman–Crippen LogP) is 6.58. The molecule has 0 aromatic heterocycles. The lowest BCUT2D eigenvalue weighted by atomic mass is 9.69. The molecule has 0 heterocycles. The Labute approximate surface area is 242 Å². The van der Waals surface area contributed by atoms with Gasteiger partial charge in [-0.2, -0.15) is 0 Å². The lowest BCUT2D eigenvalue weighted by Crippen LogP contribution is -2.27. The summed E-state index contributed by atoms with van der Waals surface area (Å²) in [7, 11) is 0.